The van der Waals surface area contributed by atoms with Crippen LogP contribution in [-0.4, -0.2) is 17.1 Å². The van der Waals surface area contributed by atoms with Crippen molar-refractivity contribution in [3.63, 3.8) is 0 Å². The molecular formula is C19H19ClN4O. The van der Waals surface area contributed by atoms with Crippen molar-refractivity contribution < 1.29 is 4.74 Å². The van der Waals surface area contributed by atoms with Crippen LogP contribution >= 0.6 is 11.6 Å². The molecule has 0 amide bonds. The van der Waals surface area contributed by atoms with Crippen LogP contribution in [0.5, 0.6) is 5.75 Å². The second-order valence-corrected chi connectivity index (χ2v) is 5.98. The Morgan fingerprint density at radius 1 is 0.920 bits per heavy atom. The molecule has 0 aliphatic carbocycles. The summed E-state index contributed by atoms with van der Waals surface area (Å²) in [5.41, 5.74) is 2.81. The topological polar surface area (TPSA) is 59.1 Å². The van der Waals surface area contributed by atoms with E-state index < -0.39 is 0 Å². The van der Waals surface area contributed by atoms with Crippen LogP contribution in [0.4, 0.5) is 23.0 Å². The van der Waals surface area contributed by atoms with Gasteiger partial charge in [0.05, 0.1) is 7.11 Å². The summed E-state index contributed by atoms with van der Waals surface area (Å²) in [5, 5.41) is 7.29. The average molecular weight is 355 g/mol. The maximum Gasteiger partial charge on any atom is 0.136 e. The lowest BCUT2D eigenvalue weighted by Gasteiger charge is -2.12. The van der Waals surface area contributed by atoms with Crippen LogP contribution in [0.3, 0.4) is 0 Å². The molecule has 3 rings (SSSR count). The number of halogens is 1. The van der Waals surface area contributed by atoms with Crippen molar-refractivity contribution in [1.29, 1.82) is 0 Å². The summed E-state index contributed by atoms with van der Waals surface area (Å²) >= 11 is 6.18. The zero-order chi connectivity index (χ0) is 17.8. The highest BCUT2D eigenvalue weighted by Crippen LogP contribution is 2.27. The minimum atomic E-state index is 0.667. The zero-order valence-corrected chi connectivity index (χ0v) is 15.1. The first kappa shape index (κ1) is 17.0. The minimum Gasteiger partial charge on any atom is -0.497 e. The molecule has 128 valence electrons. The van der Waals surface area contributed by atoms with Crippen molar-refractivity contribution in [3.05, 3.63) is 64.9 Å². The summed E-state index contributed by atoms with van der Waals surface area (Å²) in [6.45, 7) is 3.82. The number of aryl methyl sites for hydroxylation is 1. The molecule has 0 unspecified atom stereocenters. The Morgan fingerprint density at radius 3 is 2.28 bits per heavy atom. The molecule has 0 radical (unpaired) electrons. The number of benzene rings is 2. The smallest absolute Gasteiger partial charge is 0.136 e. The van der Waals surface area contributed by atoms with E-state index in [0.29, 0.717) is 22.5 Å². The Hall–Kier alpha value is -2.79. The fourth-order valence-electron chi connectivity index (χ4n) is 2.40. The second kappa shape index (κ2) is 7.40. The third-order valence-electron chi connectivity index (χ3n) is 3.73. The Morgan fingerprint density at radius 2 is 1.60 bits per heavy atom. The lowest BCUT2D eigenvalue weighted by molar-refractivity contribution is 0.415. The first-order valence-electron chi connectivity index (χ1n) is 7.84. The van der Waals surface area contributed by atoms with Gasteiger partial charge < -0.3 is 15.4 Å². The molecule has 0 atom stereocenters. The third-order valence-corrected chi connectivity index (χ3v) is 4.14. The van der Waals surface area contributed by atoms with E-state index in [2.05, 4.69) is 20.6 Å². The van der Waals surface area contributed by atoms with Crippen LogP contribution in [0.2, 0.25) is 5.02 Å². The van der Waals surface area contributed by atoms with Gasteiger partial charge in [0, 0.05) is 22.5 Å². The second-order valence-electron chi connectivity index (χ2n) is 5.58. The molecule has 0 aliphatic rings. The van der Waals surface area contributed by atoms with Crippen molar-refractivity contribution >= 4 is 34.6 Å². The van der Waals surface area contributed by atoms with E-state index in [-0.39, 0.29) is 0 Å². The van der Waals surface area contributed by atoms with E-state index in [1.165, 1.54) is 0 Å². The summed E-state index contributed by atoms with van der Waals surface area (Å²) in [5.74, 6) is 2.89. The van der Waals surface area contributed by atoms with Gasteiger partial charge in [-0.2, -0.15) is 0 Å². The molecule has 2 aromatic carbocycles. The average Bonchev–Trinajstić information content (AvgIpc) is 2.59. The fourth-order valence-corrected chi connectivity index (χ4v) is 2.57. The number of methoxy groups -OCH3 is 1. The van der Waals surface area contributed by atoms with Gasteiger partial charge >= 0.3 is 0 Å². The van der Waals surface area contributed by atoms with Gasteiger partial charge in [0.1, 0.15) is 23.2 Å². The molecule has 0 spiro atoms. The fraction of sp³-hybridized carbons (Fsp3) is 0.158. The molecule has 0 bridgehead atoms. The Kier molecular flexibility index (Phi) is 5.05. The van der Waals surface area contributed by atoms with Crippen LogP contribution in [0, 0.1) is 13.8 Å². The van der Waals surface area contributed by atoms with E-state index in [1.807, 2.05) is 62.4 Å². The number of aromatic nitrogens is 2. The van der Waals surface area contributed by atoms with Crippen molar-refractivity contribution in [2.24, 2.45) is 0 Å². The van der Waals surface area contributed by atoms with Crippen molar-refractivity contribution in [2.75, 3.05) is 17.7 Å². The molecule has 0 aliphatic heterocycles. The molecule has 2 N–H and O–H groups in total. The Balaban J connectivity index is 1.83. The third kappa shape index (κ3) is 4.19. The van der Waals surface area contributed by atoms with E-state index >= 15 is 0 Å². The van der Waals surface area contributed by atoms with Gasteiger partial charge in [0.15, 0.2) is 0 Å². The highest BCUT2D eigenvalue weighted by atomic mass is 35.5. The number of nitrogens with zero attached hydrogens (tertiary/aromatic N) is 2. The molecule has 0 fully saturated rings. The highest BCUT2D eigenvalue weighted by Gasteiger charge is 2.06. The lowest BCUT2D eigenvalue weighted by Crippen LogP contribution is -2.02. The number of rotatable bonds is 5. The Bertz CT molecular complexity index is 881. The van der Waals surface area contributed by atoms with Crippen molar-refractivity contribution in [2.45, 2.75) is 13.8 Å². The summed E-state index contributed by atoms with van der Waals surface area (Å²) in [6, 6.07) is 15.3. The first-order valence-corrected chi connectivity index (χ1v) is 8.22. The molecule has 1 aromatic heterocycles. The summed E-state index contributed by atoms with van der Waals surface area (Å²) in [7, 11) is 1.64. The quantitative estimate of drug-likeness (QED) is 0.656. The summed E-state index contributed by atoms with van der Waals surface area (Å²) in [6.07, 6.45) is 0. The van der Waals surface area contributed by atoms with Crippen LogP contribution in [0.25, 0.3) is 0 Å². The Labute approximate surface area is 152 Å². The van der Waals surface area contributed by atoms with Crippen LogP contribution in [0.15, 0.2) is 48.5 Å². The van der Waals surface area contributed by atoms with E-state index in [4.69, 9.17) is 16.3 Å². The maximum absolute atomic E-state index is 6.18. The van der Waals surface area contributed by atoms with E-state index in [9.17, 15) is 0 Å². The predicted molar refractivity (Wildman–Crippen MR) is 103 cm³/mol. The molecule has 25 heavy (non-hydrogen) atoms. The first-order chi connectivity index (χ1) is 12.0. The normalized spacial score (nSPS) is 10.4. The molecule has 1 heterocycles. The van der Waals surface area contributed by atoms with Gasteiger partial charge in [-0.05, 0) is 55.8 Å². The van der Waals surface area contributed by atoms with Crippen LogP contribution in [0.1, 0.15) is 11.4 Å². The predicted octanol–water partition coefficient (Wildman–Crippen LogP) is 5.24. The molecule has 0 saturated heterocycles. The summed E-state index contributed by atoms with van der Waals surface area (Å²) in [4.78, 5) is 8.88. The van der Waals surface area contributed by atoms with Gasteiger partial charge in [-0.3, -0.25) is 0 Å². The van der Waals surface area contributed by atoms with Gasteiger partial charge in [-0.25, -0.2) is 9.97 Å². The number of anilines is 4. The lowest BCUT2D eigenvalue weighted by atomic mass is 10.2. The number of ether oxygens (including phenoxy) is 1. The monoisotopic (exact) mass is 354 g/mol. The standard InChI is InChI=1S/C19H19ClN4O/c1-12-16(20)5-4-6-17(12)24-19-11-18(21-13(2)22-19)23-14-7-9-15(25-3)10-8-14/h4-11H,1-3H3,(H2,21,22,23,24). The largest absolute Gasteiger partial charge is 0.497 e. The molecule has 5 nitrogen and oxygen atoms in total. The van der Waals surface area contributed by atoms with Gasteiger partial charge in [-0.1, -0.05) is 17.7 Å². The molecule has 0 saturated carbocycles. The maximum atomic E-state index is 6.18. The molecular weight excluding hydrogens is 336 g/mol. The van der Waals surface area contributed by atoms with Crippen LogP contribution < -0.4 is 15.4 Å². The van der Waals surface area contributed by atoms with Gasteiger partial charge in [0.2, 0.25) is 0 Å². The van der Waals surface area contributed by atoms with E-state index in [0.717, 1.165) is 22.7 Å². The number of hydrogen-bond donors (Lipinski definition) is 2. The molecule has 6 heteroatoms. The van der Waals surface area contributed by atoms with Crippen molar-refractivity contribution in [1.82, 2.24) is 9.97 Å². The minimum absolute atomic E-state index is 0.667. The van der Waals surface area contributed by atoms with Crippen molar-refractivity contribution in [3.8, 4) is 5.75 Å². The zero-order valence-electron chi connectivity index (χ0n) is 14.3. The van der Waals surface area contributed by atoms with Gasteiger partial charge in [-0.15, -0.1) is 0 Å². The van der Waals surface area contributed by atoms with E-state index in [1.54, 1.807) is 7.11 Å². The number of nitrogens with one attached hydrogen (secondary N) is 2. The highest BCUT2D eigenvalue weighted by molar-refractivity contribution is 6.31. The van der Waals surface area contributed by atoms with Gasteiger partial charge in [0.25, 0.3) is 0 Å². The SMILES string of the molecule is COc1ccc(Nc2cc(Nc3cccc(Cl)c3C)nc(C)n2)cc1. The summed E-state index contributed by atoms with van der Waals surface area (Å²) < 4.78 is 5.17. The number of hydrogen-bond acceptors (Lipinski definition) is 5. The molecule has 3 aromatic rings. The van der Waals surface area contributed by atoms with Crippen LogP contribution in [-0.2, 0) is 0 Å².